The Morgan fingerprint density at radius 1 is 1.32 bits per heavy atom. The van der Waals surface area contributed by atoms with Crippen molar-refractivity contribution in [2.75, 3.05) is 0 Å². The Morgan fingerprint density at radius 3 is 2.95 bits per heavy atom. The first kappa shape index (κ1) is 15.1. The van der Waals surface area contributed by atoms with Crippen molar-refractivity contribution in [1.82, 2.24) is 4.98 Å². The van der Waals surface area contributed by atoms with E-state index < -0.39 is 5.97 Å². The maximum atomic E-state index is 12.0. The Labute approximate surface area is 140 Å². The van der Waals surface area contributed by atoms with Gasteiger partial charge < -0.3 is 9.15 Å². The number of halogens is 2. The first-order valence-corrected chi connectivity index (χ1v) is 7.87. The lowest BCUT2D eigenvalue weighted by atomic mass is 10.2. The molecule has 0 atom stereocenters. The summed E-state index contributed by atoms with van der Waals surface area (Å²) in [6.45, 7) is -0.00342. The molecule has 0 spiro atoms. The number of nitrogens with zero attached hydrogens (tertiary/aromatic N) is 1. The molecule has 0 radical (unpaired) electrons. The number of carbonyl (C=O) groups is 1. The van der Waals surface area contributed by atoms with Crippen LogP contribution in [0.3, 0.4) is 0 Å². The van der Waals surface area contributed by atoms with Gasteiger partial charge in [-0.05, 0) is 29.6 Å². The highest BCUT2D eigenvalue weighted by atomic mass is 35.5. The van der Waals surface area contributed by atoms with Crippen molar-refractivity contribution < 1.29 is 13.9 Å². The molecule has 0 N–H and O–H groups in total. The monoisotopic (exact) mass is 353 g/mol. The van der Waals surface area contributed by atoms with Crippen LogP contribution in [-0.2, 0) is 11.3 Å². The van der Waals surface area contributed by atoms with Crippen molar-refractivity contribution in [3.63, 3.8) is 0 Å². The summed E-state index contributed by atoms with van der Waals surface area (Å²) in [5.74, 6) is -0.0602. The van der Waals surface area contributed by atoms with Crippen LogP contribution in [0.25, 0.3) is 10.8 Å². The second kappa shape index (κ2) is 6.52. The van der Waals surface area contributed by atoms with E-state index in [4.69, 9.17) is 32.4 Å². The van der Waals surface area contributed by atoms with Gasteiger partial charge in [0.25, 0.3) is 0 Å². The number of oxazole rings is 1. The van der Waals surface area contributed by atoms with E-state index in [2.05, 4.69) is 4.98 Å². The summed E-state index contributed by atoms with van der Waals surface area (Å²) >= 11 is 13.3. The molecule has 0 bridgehead atoms. The fourth-order valence-electron chi connectivity index (χ4n) is 1.76. The Bertz CT molecular complexity index is 799. The zero-order valence-corrected chi connectivity index (χ0v) is 13.4. The molecule has 0 saturated heterocycles. The SMILES string of the molecule is O=C(OCc1coc(-c2cccs2)n1)c1cc(Cl)ccc1Cl. The van der Waals surface area contributed by atoms with Crippen LogP contribution in [0.4, 0.5) is 0 Å². The predicted octanol–water partition coefficient (Wildman–Crippen LogP) is 5.07. The fourth-order valence-corrected chi connectivity index (χ4v) is 2.78. The van der Waals surface area contributed by atoms with Gasteiger partial charge in [-0.3, -0.25) is 0 Å². The molecule has 2 heterocycles. The largest absolute Gasteiger partial charge is 0.455 e. The zero-order valence-electron chi connectivity index (χ0n) is 11.1. The van der Waals surface area contributed by atoms with Gasteiger partial charge in [-0.1, -0.05) is 29.3 Å². The van der Waals surface area contributed by atoms with Gasteiger partial charge in [-0.2, -0.15) is 0 Å². The smallest absolute Gasteiger partial charge is 0.340 e. The topological polar surface area (TPSA) is 52.3 Å². The Kier molecular flexibility index (Phi) is 4.47. The maximum absolute atomic E-state index is 12.0. The van der Waals surface area contributed by atoms with Crippen molar-refractivity contribution in [1.29, 1.82) is 0 Å². The van der Waals surface area contributed by atoms with Gasteiger partial charge >= 0.3 is 5.97 Å². The molecule has 22 heavy (non-hydrogen) atoms. The third-order valence-corrected chi connectivity index (χ3v) is 4.21. The lowest BCUT2D eigenvalue weighted by molar-refractivity contribution is 0.0468. The summed E-state index contributed by atoms with van der Waals surface area (Å²) in [6.07, 6.45) is 1.46. The van der Waals surface area contributed by atoms with Crippen molar-refractivity contribution in [3.8, 4) is 10.8 Å². The zero-order chi connectivity index (χ0) is 15.5. The highest BCUT2D eigenvalue weighted by Gasteiger charge is 2.14. The molecule has 3 aromatic rings. The first-order valence-electron chi connectivity index (χ1n) is 6.24. The molecular formula is C15H9Cl2NO3S. The summed E-state index contributed by atoms with van der Waals surface area (Å²) in [4.78, 5) is 17.2. The minimum Gasteiger partial charge on any atom is -0.455 e. The number of esters is 1. The Balaban J connectivity index is 1.67. The summed E-state index contributed by atoms with van der Waals surface area (Å²) in [5.41, 5.74) is 0.742. The summed E-state index contributed by atoms with van der Waals surface area (Å²) in [6, 6.07) is 8.42. The van der Waals surface area contributed by atoms with Gasteiger partial charge in [-0.15, -0.1) is 11.3 Å². The first-order chi connectivity index (χ1) is 10.6. The van der Waals surface area contributed by atoms with Gasteiger partial charge in [0.1, 0.15) is 18.6 Å². The third kappa shape index (κ3) is 3.32. The van der Waals surface area contributed by atoms with Crippen LogP contribution < -0.4 is 0 Å². The average Bonchev–Trinajstić information content (AvgIpc) is 3.17. The van der Waals surface area contributed by atoms with E-state index in [1.165, 1.54) is 23.7 Å². The average molecular weight is 354 g/mol. The molecule has 0 saturated carbocycles. The maximum Gasteiger partial charge on any atom is 0.340 e. The second-order valence-electron chi connectivity index (χ2n) is 4.32. The number of thiophene rings is 1. The summed E-state index contributed by atoms with van der Waals surface area (Å²) < 4.78 is 10.5. The van der Waals surface area contributed by atoms with Gasteiger partial charge in [0.2, 0.25) is 5.89 Å². The highest BCUT2D eigenvalue weighted by molar-refractivity contribution is 7.13. The molecule has 4 nitrogen and oxygen atoms in total. The second-order valence-corrected chi connectivity index (χ2v) is 6.11. The quantitative estimate of drug-likeness (QED) is 0.614. The third-order valence-electron chi connectivity index (χ3n) is 2.78. The van der Waals surface area contributed by atoms with Gasteiger partial charge in [0.05, 0.1) is 15.5 Å². The van der Waals surface area contributed by atoms with E-state index in [-0.39, 0.29) is 17.2 Å². The van der Waals surface area contributed by atoms with Crippen molar-refractivity contribution in [2.24, 2.45) is 0 Å². The molecule has 0 unspecified atom stereocenters. The van der Waals surface area contributed by atoms with Crippen LogP contribution in [-0.4, -0.2) is 11.0 Å². The molecule has 0 aliphatic heterocycles. The molecular weight excluding hydrogens is 345 g/mol. The molecule has 112 valence electrons. The van der Waals surface area contributed by atoms with Crippen LogP contribution in [0, 0.1) is 0 Å². The molecule has 0 aliphatic carbocycles. The van der Waals surface area contributed by atoms with Crippen molar-refractivity contribution in [3.05, 3.63) is 63.3 Å². The standard InChI is InChI=1S/C15H9Cl2NO3S/c16-9-3-4-12(17)11(6-9)15(19)21-8-10-7-20-14(18-10)13-2-1-5-22-13/h1-7H,8H2. The van der Waals surface area contributed by atoms with E-state index >= 15 is 0 Å². The molecule has 1 aromatic carbocycles. The minimum absolute atomic E-state index is 0.00342. The number of hydrogen-bond acceptors (Lipinski definition) is 5. The van der Waals surface area contributed by atoms with Gasteiger partial charge in [0.15, 0.2) is 0 Å². The molecule has 7 heteroatoms. The lowest BCUT2D eigenvalue weighted by Crippen LogP contribution is -2.06. The number of benzene rings is 1. The van der Waals surface area contributed by atoms with E-state index in [1.807, 2.05) is 17.5 Å². The van der Waals surface area contributed by atoms with E-state index in [0.29, 0.717) is 16.6 Å². The normalized spacial score (nSPS) is 10.6. The Hall–Kier alpha value is -1.82. The van der Waals surface area contributed by atoms with E-state index in [0.717, 1.165) is 4.88 Å². The van der Waals surface area contributed by atoms with Crippen LogP contribution in [0.2, 0.25) is 10.0 Å². The van der Waals surface area contributed by atoms with E-state index in [1.54, 1.807) is 12.1 Å². The highest BCUT2D eigenvalue weighted by Crippen LogP contribution is 2.24. The number of ether oxygens (including phenoxy) is 1. The summed E-state index contributed by atoms with van der Waals surface area (Å²) in [5, 5.41) is 2.63. The van der Waals surface area contributed by atoms with Crippen LogP contribution in [0.15, 0.2) is 46.4 Å². The van der Waals surface area contributed by atoms with Gasteiger partial charge in [0, 0.05) is 5.02 Å². The molecule has 2 aromatic heterocycles. The lowest BCUT2D eigenvalue weighted by Gasteiger charge is -2.04. The Morgan fingerprint density at radius 2 is 2.18 bits per heavy atom. The number of carbonyl (C=O) groups excluding carboxylic acids is 1. The predicted molar refractivity (Wildman–Crippen MR) is 85.4 cm³/mol. The van der Waals surface area contributed by atoms with Gasteiger partial charge in [-0.25, -0.2) is 9.78 Å². The number of hydrogen-bond donors (Lipinski definition) is 0. The van der Waals surface area contributed by atoms with E-state index in [9.17, 15) is 4.79 Å². The number of rotatable bonds is 4. The van der Waals surface area contributed by atoms with Crippen LogP contribution in [0.5, 0.6) is 0 Å². The number of aromatic nitrogens is 1. The molecule has 3 rings (SSSR count). The molecule has 0 fully saturated rings. The van der Waals surface area contributed by atoms with Crippen LogP contribution in [0.1, 0.15) is 16.1 Å². The fraction of sp³-hybridized carbons (Fsp3) is 0.0667. The minimum atomic E-state index is -0.562. The van der Waals surface area contributed by atoms with Crippen molar-refractivity contribution >= 4 is 40.5 Å². The molecule has 0 aliphatic rings. The molecule has 0 amide bonds. The summed E-state index contributed by atoms with van der Waals surface area (Å²) in [7, 11) is 0. The van der Waals surface area contributed by atoms with Crippen molar-refractivity contribution in [2.45, 2.75) is 6.61 Å². The van der Waals surface area contributed by atoms with Crippen LogP contribution >= 0.6 is 34.5 Å².